The lowest BCUT2D eigenvalue weighted by Crippen LogP contribution is -2.23. The molecule has 1 aliphatic heterocycles. The molecule has 0 aliphatic carbocycles. The van der Waals surface area contributed by atoms with Crippen molar-refractivity contribution in [2.75, 3.05) is 19.0 Å². The van der Waals surface area contributed by atoms with Gasteiger partial charge in [-0.05, 0) is 60.2 Å². The van der Waals surface area contributed by atoms with Crippen molar-refractivity contribution in [3.8, 4) is 11.5 Å². The van der Waals surface area contributed by atoms with Crippen LogP contribution in [0.15, 0.2) is 46.3 Å². The fourth-order valence-corrected chi connectivity index (χ4v) is 3.71. The van der Waals surface area contributed by atoms with Crippen molar-refractivity contribution < 1.29 is 23.9 Å². The third-order valence-electron chi connectivity index (χ3n) is 4.20. The number of hydrogen-bond acceptors (Lipinski definition) is 6. The minimum Gasteiger partial charge on any atom is -0.493 e. The van der Waals surface area contributed by atoms with Gasteiger partial charge in [0.25, 0.3) is 11.8 Å². The van der Waals surface area contributed by atoms with Crippen LogP contribution in [-0.2, 0) is 14.4 Å². The van der Waals surface area contributed by atoms with E-state index >= 15 is 0 Å². The van der Waals surface area contributed by atoms with E-state index in [1.54, 1.807) is 36.4 Å². The van der Waals surface area contributed by atoms with Gasteiger partial charge in [-0.2, -0.15) is 4.99 Å². The highest BCUT2D eigenvalue weighted by Gasteiger charge is 2.22. The Labute approximate surface area is 194 Å². The van der Waals surface area contributed by atoms with Crippen LogP contribution in [-0.4, -0.2) is 36.6 Å². The normalized spacial score (nSPS) is 14.2. The van der Waals surface area contributed by atoms with E-state index in [9.17, 15) is 14.4 Å². The number of methoxy groups -OCH3 is 1. The maximum Gasteiger partial charge on any atom is 0.286 e. The zero-order chi connectivity index (χ0) is 23.3. The Balaban J connectivity index is 1.64. The molecule has 0 fully saturated rings. The molecule has 0 bridgehead atoms. The smallest absolute Gasteiger partial charge is 0.286 e. The molecular formula is C22H20ClN3O5S. The molecule has 1 aliphatic rings. The molecule has 0 aromatic heterocycles. The fourth-order valence-electron chi connectivity index (χ4n) is 2.67. The molecule has 10 heteroatoms. The lowest BCUT2D eigenvalue weighted by atomic mass is 10.2. The first-order valence-corrected chi connectivity index (χ1v) is 10.6. The summed E-state index contributed by atoms with van der Waals surface area (Å²) >= 11 is 7.14. The van der Waals surface area contributed by atoms with Crippen LogP contribution in [0.2, 0.25) is 5.02 Å². The van der Waals surface area contributed by atoms with Crippen molar-refractivity contribution in [2.45, 2.75) is 13.8 Å². The van der Waals surface area contributed by atoms with Crippen LogP contribution in [0.1, 0.15) is 18.1 Å². The van der Waals surface area contributed by atoms with Crippen LogP contribution in [0.5, 0.6) is 11.5 Å². The minimum atomic E-state index is -0.439. The van der Waals surface area contributed by atoms with Gasteiger partial charge < -0.3 is 20.1 Å². The predicted octanol–water partition coefficient (Wildman–Crippen LogP) is 3.78. The highest BCUT2D eigenvalue weighted by molar-refractivity contribution is 8.18. The number of aliphatic imine (C=N–C) groups is 1. The van der Waals surface area contributed by atoms with Gasteiger partial charge in [-0.3, -0.25) is 14.4 Å². The molecule has 3 rings (SSSR count). The maximum absolute atomic E-state index is 12.2. The first-order valence-electron chi connectivity index (χ1n) is 9.42. The van der Waals surface area contributed by atoms with E-state index in [4.69, 9.17) is 21.1 Å². The second-order valence-corrected chi connectivity index (χ2v) is 8.16. The van der Waals surface area contributed by atoms with Crippen molar-refractivity contribution in [3.63, 3.8) is 0 Å². The zero-order valence-electron chi connectivity index (χ0n) is 17.5. The van der Waals surface area contributed by atoms with Crippen molar-refractivity contribution in [3.05, 3.63) is 57.5 Å². The Morgan fingerprint density at radius 3 is 2.62 bits per heavy atom. The molecule has 3 amide bonds. The van der Waals surface area contributed by atoms with E-state index < -0.39 is 5.91 Å². The molecule has 166 valence electrons. The maximum atomic E-state index is 12.2. The summed E-state index contributed by atoms with van der Waals surface area (Å²) in [6.45, 7) is 2.98. The van der Waals surface area contributed by atoms with Crippen LogP contribution < -0.4 is 20.1 Å². The van der Waals surface area contributed by atoms with Crippen LogP contribution >= 0.6 is 23.4 Å². The molecular weight excluding hydrogens is 454 g/mol. The average molecular weight is 474 g/mol. The summed E-state index contributed by atoms with van der Waals surface area (Å²) in [7, 11) is 1.47. The molecule has 0 radical (unpaired) electrons. The summed E-state index contributed by atoms with van der Waals surface area (Å²) in [6.07, 6.45) is 1.63. The van der Waals surface area contributed by atoms with Gasteiger partial charge >= 0.3 is 0 Å². The quantitative estimate of drug-likeness (QED) is 0.618. The Kier molecular flexibility index (Phi) is 7.55. The number of carbonyl (C=O) groups excluding carboxylic acids is 3. The SMILES string of the molecule is COc1cc(/C=C2\SC(NC(C)=O)=NC2=O)ccc1OCC(=O)Nc1ccc(C)c(Cl)c1. The number of halogens is 1. The van der Waals surface area contributed by atoms with Crippen molar-refractivity contribution in [1.29, 1.82) is 0 Å². The first kappa shape index (κ1) is 23.4. The molecule has 0 spiro atoms. The number of anilines is 1. The molecule has 2 aromatic rings. The molecule has 8 nitrogen and oxygen atoms in total. The monoisotopic (exact) mass is 473 g/mol. The number of ether oxygens (including phenoxy) is 2. The first-order chi connectivity index (χ1) is 15.2. The third kappa shape index (κ3) is 6.12. The molecule has 2 aromatic carbocycles. The van der Waals surface area contributed by atoms with Gasteiger partial charge in [0, 0.05) is 17.6 Å². The van der Waals surface area contributed by atoms with Crippen molar-refractivity contribution in [2.24, 2.45) is 4.99 Å². The summed E-state index contributed by atoms with van der Waals surface area (Å²) in [6, 6.07) is 10.3. The number of carbonyl (C=O) groups is 3. The summed E-state index contributed by atoms with van der Waals surface area (Å²) in [5.41, 5.74) is 2.15. The highest BCUT2D eigenvalue weighted by atomic mass is 35.5. The van der Waals surface area contributed by atoms with Crippen LogP contribution in [0, 0.1) is 6.92 Å². The molecule has 2 N–H and O–H groups in total. The molecule has 0 unspecified atom stereocenters. The number of rotatable bonds is 6. The standard InChI is InChI=1S/C22H20ClN3O5S/c1-12-4-6-15(10-16(12)23)25-20(28)11-31-17-7-5-14(8-18(17)30-3)9-19-21(29)26-22(32-19)24-13(2)27/h4-10H,11H2,1-3H3,(H,25,28)(H,24,26,27,29)/b19-9-. The molecule has 0 saturated heterocycles. The lowest BCUT2D eigenvalue weighted by molar-refractivity contribution is -0.118. The van der Waals surface area contributed by atoms with Gasteiger partial charge in [0.1, 0.15) is 0 Å². The number of aryl methyl sites for hydroxylation is 1. The Morgan fingerprint density at radius 1 is 1.16 bits per heavy atom. The Bertz CT molecular complexity index is 1150. The van der Waals surface area contributed by atoms with E-state index in [2.05, 4.69) is 15.6 Å². The number of benzene rings is 2. The van der Waals surface area contributed by atoms with Gasteiger partial charge in [-0.15, -0.1) is 0 Å². The summed E-state index contributed by atoms with van der Waals surface area (Å²) in [5.74, 6) is -0.334. The zero-order valence-corrected chi connectivity index (χ0v) is 19.1. The van der Waals surface area contributed by atoms with E-state index in [-0.39, 0.29) is 23.6 Å². The van der Waals surface area contributed by atoms with Gasteiger partial charge in [0.2, 0.25) is 5.91 Å². The van der Waals surface area contributed by atoms with Gasteiger partial charge in [0.05, 0.1) is 12.0 Å². The molecule has 1 heterocycles. The van der Waals surface area contributed by atoms with Crippen molar-refractivity contribution in [1.82, 2.24) is 5.32 Å². The van der Waals surface area contributed by atoms with Crippen LogP contribution in [0.4, 0.5) is 5.69 Å². The second-order valence-electron chi connectivity index (χ2n) is 6.73. The number of thioether (sulfide) groups is 1. The van der Waals surface area contributed by atoms with Gasteiger partial charge in [-0.1, -0.05) is 23.7 Å². The number of nitrogens with zero attached hydrogens (tertiary/aromatic N) is 1. The van der Waals surface area contributed by atoms with E-state index in [0.717, 1.165) is 17.3 Å². The Hall–Kier alpha value is -3.30. The highest BCUT2D eigenvalue weighted by Crippen LogP contribution is 2.32. The lowest BCUT2D eigenvalue weighted by Gasteiger charge is -2.12. The third-order valence-corrected chi connectivity index (χ3v) is 5.51. The van der Waals surface area contributed by atoms with E-state index in [1.807, 2.05) is 13.0 Å². The largest absolute Gasteiger partial charge is 0.493 e. The Morgan fingerprint density at radius 2 is 1.94 bits per heavy atom. The number of amidine groups is 1. The number of nitrogens with one attached hydrogen (secondary N) is 2. The number of hydrogen-bond donors (Lipinski definition) is 2. The summed E-state index contributed by atoms with van der Waals surface area (Å²) in [4.78, 5) is 39.5. The minimum absolute atomic E-state index is 0.232. The van der Waals surface area contributed by atoms with Crippen molar-refractivity contribution >= 4 is 58.0 Å². The molecule has 0 saturated carbocycles. The molecule has 32 heavy (non-hydrogen) atoms. The summed E-state index contributed by atoms with van der Waals surface area (Å²) < 4.78 is 10.9. The molecule has 0 atom stereocenters. The topological polar surface area (TPSA) is 106 Å². The second kappa shape index (κ2) is 10.3. The van der Waals surface area contributed by atoms with Gasteiger partial charge in [0.15, 0.2) is 23.3 Å². The average Bonchev–Trinajstić information content (AvgIpc) is 3.07. The van der Waals surface area contributed by atoms with E-state index in [0.29, 0.717) is 32.7 Å². The van der Waals surface area contributed by atoms with Crippen LogP contribution in [0.25, 0.3) is 6.08 Å². The predicted molar refractivity (Wildman–Crippen MR) is 125 cm³/mol. The number of amides is 3. The summed E-state index contributed by atoms with van der Waals surface area (Å²) in [5, 5.41) is 6.01. The van der Waals surface area contributed by atoms with Gasteiger partial charge in [-0.25, -0.2) is 0 Å². The fraction of sp³-hybridized carbons (Fsp3) is 0.182. The van der Waals surface area contributed by atoms with Crippen LogP contribution in [0.3, 0.4) is 0 Å². The van der Waals surface area contributed by atoms with E-state index in [1.165, 1.54) is 14.0 Å².